The Morgan fingerprint density at radius 1 is 0.913 bits per heavy atom. The van der Waals surface area contributed by atoms with Gasteiger partial charge in [0, 0.05) is 39.3 Å². The molecule has 0 spiro atoms. The number of ether oxygens (including phenoxy) is 1. The second kappa shape index (κ2) is 8.08. The maximum atomic E-state index is 12.3. The molecule has 2 heterocycles. The summed E-state index contributed by atoms with van der Waals surface area (Å²) in [6.07, 6.45) is 2.59. The highest BCUT2D eigenvalue weighted by molar-refractivity contribution is 5.80. The molecule has 0 radical (unpaired) electrons. The first-order valence-corrected chi connectivity index (χ1v) is 8.79. The number of carbonyl (C=O) groups is 2. The van der Waals surface area contributed by atoms with E-state index in [2.05, 4.69) is 10.2 Å². The predicted molar refractivity (Wildman–Crippen MR) is 86.0 cm³/mol. The van der Waals surface area contributed by atoms with Crippen molar-refractivity contribution in [2.24, 2.45) is 5.92 Å². The van der Waals surface area contributed by atoms with Gasteiger partial charge in [-0.15, -0.1) is 0 Å². The maximum Gasteiger partial charge on any atom is 0.236 e. The molecule has 2 aliphatic heterocycles. The summed E-state index contributed by atoms with van der Waals surface area (Å²) in [7, 11) is 0. The second-order valence-corrected chi connectivity index (χ2v) is 6.72. The standard InChI is InChI=1S/C16H28N4O3/c21-15(12-17-11-14-1-2-14)19-3-5-20(6-4-19)16(22)13-18-7-9-23-10-8-18/h14,17H,1-13H2. The van der Waals surface area contributed by atoms with E-state index in [1.165, 1.54) is 12.8 Å². The van der Waals surface area contributed by atoms with Crippen LogP contribution in [0.3, 0.4) is 0 Å². The van der Waals surface area contributed by atoms with Crippen molar-refractivity contribution in [3.05, 3.63) is 0 Å². The van der Waals surface area contributed by atoms with Gasteiger partial charge in [0.2, 0.25) is 11.8 Å². The van der Waals surface area contributed by atoms with Gasteiger partial charge in [0.15, 0.2) is 0 Å². The molecule has 130 valence electrons. The van der Waals surface area contributed by atoms with Crippen molar-refractivity contribution >= 4 is 11.8 Å². The number of rotatable bonds is 6. The van der Waals surface area contributed by atoms with Crippen molar-refractivity contribution in [3.63, 3.8) is 0 Å². The van der Waals surface area contributed by atoms with E-state index in [1.54, 1.807) is 0 Å². The van der Waals surface area contributed by atoms with Gasteiger partial charge in [0.05, 0.1) is 26.3 Å². The van der Waals surface area contributed by atoms with Crippen molar-refractivity contribution in [3.8, 4) is 0 Å². The summed E-state index contributed by atoms with van der Waals surface area (Å²) < 4.78 is 5.30. The zero-order chi connectivity index (χ0) is 16.1. The molecule has 0 aromatic rings. The number of hydrogen-bond donors (Lipinski definition) is 1. The highest BCUT2D eigenvalue weighted by Gasteiger charge is 2.26. The van der Waals surface area contributed by atoms with Gasteiger partial charge in [-0.3, -0.25) is 14.5 Å². The number of nitrogens with one attached hydrogen (secondary N) is 1. The van der Waals surface area contributed by atoms with E-state index in [-0.39, 0.29) is 11.8 Å². The molecular weight excluding hydrogens is 296 g/mol. The number of amides is 2. The van der Waals surface area contributed by atoms with Gasteiger partial charge < -0.3 is 19.9 Å². The monoisotopic (exact) mass is 324 g/mol. The fourth-order valence-electron chi connectivity index (χ4n) is 3.07. The largest absolute Gasteiger partial charge is 0.379 e. The molecule has 0 aromatic carbocycles. The molecule has 1 aliphatic carbocycles. The van der Waals surface area contributed by atoms with E-state index < -0.39 is 0 Å². The van der Waals surface area contributed by atoms with Crippen LogP contribution < -0.4 is 5.32 Å². The lowest BCUT2D eigenvalue weighted by Gasteiger charge is -2.36. The minimum absolute atomic E-state index is 0.158. The quantitative estimate of drug-likeness (QED) is 0.678. The molecule has 0 atom stereocenters. The third-order valence-corrected chi connectivity index (χ3v) is 4.85. The summed E-state index contributed by atoms with van der Waals surface area (Å²) in [5, 5.41) is 3.24. The fraction of sp³-hybridized carbons (Fsp3) is 0.875. The minimum atomic E-state index is 0.158. The van der Waals surface area contributed by atoms with Crippen LogP contribution in [0.2, 0.25) is 0 Å². The first kappa shape index (κ1) is 16.7. The molecule has 1 N–H and O–H groups in total. The van der Waals surface area contributed by atoms with Crippen LogP contribution in [0.5, 0.6) is 0 Å². The van der Waals surface area contributed by atoms with Gasteiger partial charge in [-0.2, -0.15) is 0 Å². The Labute approximate surface area is 137 Å². The Hall–Kier alpha value is -1.18. The molecule has 3 aliphatic rings. The van der Waals surface area contributed by atoms with Gasteiger partial charge >= 0.3 is 0 Å². The molecule has 7 heteroatoms. The molecule has 7 nitrogen and oxygen atoms in total. The molecule has 0 bridgehead atoms. The lowest BCUT2D eigenvalue weighted by atomic mass is 10.3. The van der Waals surface area contributed by atoms with E-state index in [0.717, 1.165) is 25.6 Å². The third kappa shape index (κ3) is 5.16. The topological polar surface area (TPSA) is 65.1 Å². The maximum absolute atomic E-state index is 12.3. The molecule has 2 amide bonds. The zero-order valence-electron chi connectivity index (χ0n) is 13.8. The number of nitrogens with zero attached hydrogens (tertiary/aromatic N) is 3. The molecule has 2 saturated heterocycles. The summed E-state index contributed by atoms with van der Waals surface area (Å²) >= 11 is 0. The number of piperazine rings is 1. The number of morpholine rings is 1. The van der Waals surface area contributed by atoms with E-state index in [4.69, 9.17) is 4.74 Å². The van der Waals surface area contributed by atoms with Crippen molar-refractivity contribution in [2.75, 3.05) is 72.1 Å². The molecule has 3 rings (SSSR count). The predicted octanol–water partition coefficient (Wildman–Crippen LogP) is -1.01. The van der Waals surface area contributed by atoms with Crippen LogP contribution in [0, 0.1) is 5.92 Å². The molecule has 1 saturated carbocycles. The van der Waals surface area contributed by atoms with Gasteiger partial charge in [0.25, 0.3) is 0 Å². The van der Waals surface area contributed by atoms with E-state index in [9.17, 15) is 9.59 Å². The minimum Gasteiger partial charge on any atom is -0.379 e. The van der Waals surface area contributed by atoms with E-state index in [0.29, 0.717) is 52.5 Å². The summed E-state index contributed by atoms with van der Waals surface area (Å²) in [6, 6.07) is 0. The van der Waals surface area contributed by atoms with Crippen molar-refractivity contribution < 1.29 is 14.3 Å². The van der Waals surface area contributed by atoms with Crippen LogP contribution >= 0.6 is 0 Å². The van der Waals surface area contributed by atoms with E-state index in [1.807, 2.05) is 9.80 Å². The Kier molecular flexibility index (Phi) is 5.85. The average molecular weight is 324 g/mol. The number of carbonyl (C=O) groups excluding carboxylic acids is 2. The smallest absolute Gasteiger partial charge is 0.236 e. The number of hydrogen-bond acceptors (Lipinski definition) is 5. The molecule has 0 unspecified atom stereocenters. The molecule has 23 heavy (non-hydrogen) atoms. The molecule has 3 fully saturated rings. The highest BCUT2D eigenvalue weighted by Crippen LogP contribution is 2.27. The lowest BCUT2D eigenvalue weighted by Crippen LogP contribution is -2.54. The van der Waals surface area contributed by atoms with Crippen LogP contribution in [0.4, 0.5) is 0 Å². The van der Waals surface area contributed by atoms with Crippen LogP contribution in [0.1, 0.15) is 12.8 Å². The van der Waals surface area contributed by atoms with Crippen LogP contribution in [-0.2, 0) is 14.3 Å². The SMILES string of the molecule is O=C(CNCC1CC1)N1CCN(C(=O)CN2CCOCC2)CC1. The van der Waals surface area contributed by atoms with Crippen molar-refractivity contribution in [1.29, 1.82) is 0 Å². The Bertz CT molecular complexity index is 414. The Balaban J connectivity index is 1.33. The summed E-state index contributed by atoms with van der Waals surface area (Å²) in [4.78, 5) is 30.4. The second-order valence-electron chi connectivity index (χ2n) is 6.72. The first-order chi connectivity index (χ1) is 11.2. The lowest BCUT2D eigenvalue weighted by molar-refractivity contribution is -0.140. The van der Waals surface area contributed by atoms with Crippen LogP contribution in [0.25, 0.3) is 0 Å². The average Bonchev–Trinajstić information content (AvgIpc) is 3.40. The zero-order valence-corrected chi connectivity index (χ0v) is 13.8. The first-order valence-electron chi connectivity index (χ1n) is 8.79. The van der Waals surface area contributed by atoms with Crippen molar-refractivity contribution in [1.82, 2.24) is 20.0 Å². The highest BCUT2D eigenvalue weighted by atomic mass is 16.5. The van der Waals surface area contributed by atoms with E-state index >= 15 is 0 Å². The van der Waals surface area contributed by atoms with Gasteiger partial charge in [-0.05, 0) is 25.3 Å². The fourth-order valence-corrected chi connectivity index (χ4v) is 3.07. The van der Waals surface area contributed by atoms with Gasteiger partial charge in [-0.25, -0.2) is 0 Å². The normalized spacial score (nSPS) is 23.1. The van der Waals surface area contributed by atoms with Crippen LogP contribution in [-0.4, -0.2) is 98.6 Å². The summed E-state index contributed by atoms with van der Waals surface area (Å²) in [6.45, 7) is 7.55. The van der Waals surface area contributed by atoms with Crippen LogP contribution in [0.15, 0.2) is 0 Å². The third-order valence-electron chi connectivity index (χ3n) is 4.85. The summed E-state index contributed by atoms with van der Waals surface area (Å²) in [5.41, 5.74) is 0. The summed E-state index contributed by atoms with van der Waals surface area (Å²) in [5.74, 6) is 1.12. The van der Waals surface area contributed by atoms with Gasteiger partial charge in [-0.1, -0.05) is 0 Å². The van der Waals surface area contributed by atoms with Gasteiger partial charge in [0.1, 0.15) is 0 Å². The molecular formula is C16H28N4O3. The Morgan fingerprint density at radius 3 is 2.13 bits per heavy atom. The van der Waals surface area contributed by atoms with Crippen molar-refractivity contribution in [2.45, 2.75) is 12.8 Å². The Morgan fingerprint density at radius 2 is 1.52 bits per heavy atom. The molecule has 0 aromatic heterocycles.